The molecule has 2 atom stereocenters. The number of alkyl halides is 3. The molecule has 0 saturated carbocycles. The number of fused-ring (bicyclic) bond motifs is 1. The quantitative estimate of drug-likeness (QED) is 0.221. The topological polar surface area (TPSA) is 96.3 Å². The summed E-state index contributed by atoms with van der Waals surface area (Å²) in [7, 11) is 1.50. The summed E-state index contributed by atoms with van der Waals surface area (Å²) in [5, 5.41) is 6.09. The number of anilines is 1. The van der Waals surface area contributed by atoms with Crippen molar-refractivity contribution in [2.75, 3.05) is 12.4 Å². The Labute approximate surface area is 277 Å². The minimum atomic E-state index is -4.57. The third-order valence-corrected chi connectivity index (χ3v) is 8.86. The van der Waals surface area contributed by atoms with E-state index in [0.717, 1.165) is 12.1 Å². The first-order valence-electron chi connectivity index (χ1n) is 14.1. The first-order valence-corrected chi connectivity index (χ1v) is 15.2. The lowest BCUT2D eigenvalue weighted by Gasteiger charge is -2.35. The van der Waals surface area contributed by atoms with Crippen LogP contribution in [0.5, 0.6) is 0 Å². The molecule has 1 aliphatic rings. The summed E-state index contributed by atoms with van der Waals surface area (Å²) in [6.07, 6.45) is -4.37. The molecule has 2 heterocycles. The molecule has 4 aromatic rings. The molecule has 1 aromatic heterocycles. The van der Waals surface area contributed by atoms with Gasteiger partial charge >= 0.3 is 6.18 Å². The first kappa shape index (κ1) is 33.3. The normalized spacial score (nSPS) is 15.2. The Hall–Kier alpha value is -4.06. The monoisotopic (exact) mass is 691 g/mol. The van der Waals surface area contributed by atoms with Gasteiger partial charge in [0.15, 0.2) is 0 Å². The van der Waals surface area contributed by atoms with E-state index in [0.29, 0.717) is 38.7 Å². The van der Waals surface area contributed by atoms with Crippen molar-refractivity contribution in [3.63, 3.8) is 0 Å². The molecule has 1 aliphatic heterocycles. The molecular weight excluding hydrogens is 666 g/mol. The second kappa shape index (κ2) is 13.0. The second-order valence-electron chi connectivity index (χ2n) is 10.8. The minimum Gasteiger partial charge on any atom is -0.355 e. The maximum Gasteiger partial charge on any atom is 0.416 e. The molecule has 2 amide bonds. The zero-order chi connectivity index (χ0) is 33.5. The highest BCUT2D eigenvalue weighted by Crippen LogP contribution is 2.35. The van der Waals surface area contributed by atoms with Crippen LogP contribution in [0.2, 0.25) is 15.1 Å². The minimum absolute atomic E-state index is 0.00532. The zero-order valence-corrected chi connectivity index (χ0v) is 26.9. The number of carbonyl (C=O) groups excluding carboxylic acids is 2. The van der Waals surface area contributed by atoms with Crippen molar-refractivity contribution in [1.29, 1.82) is 0 Å². The Morgan fingerprint density at radius 3 is 2.24 bits per heavy atom. The average Bonchev–Trinajstić information content (AvgIpc) is 3.01. The first-order chi connectivity index (χ1) is 21.7. The van der Waals surface area contributed by atoms with E-state index in [1.807, 2.05) is 6.92 Å². The van der Waals surface area contributed by atoms with Crippen LogP contribution in [0.25, 0.3) is 5.69 Å². The van der Waals surface area contributed by atoms with Crippen molar-refractivity contribution in [3.05, 3.63) is 120 Å². The van der Waals surface area contributed by atoms with Crippen molar-refractivity contribution in [3.8, 4) is 5.69 Å². The molecule has 0 radical (unpaired) electrons. The number of amides is 2. The third kappa shape index (κ3) is 6.58. The molecule has 0 fully saturated rings. The molecule has 0 spiro atoms. The fourth-order valence-corrected chi connectivity index (χ4v) is 5.94. The average molecular weight is 693 g/mol. The number of nitrogens with zero attached hydrogens (tertiary/aromatic N) is 3. The van der Waals surface area contributed by atoms with E-state index in [9.17, 15) is 27.6 Å². The van der Waals surface area contributed by atoms with Gasteiger partial charge in [0.2, 0.25) is 5.95 Å². The van der Waals surface area contributed by atoms with Crippen LogP contribution in [-0.4, -0.2) is 39.4 Å². The third-order valence-electron chi connectivity index (χ3n) is 7.80. The summed E-state index contributed by atoms with van der Waals surface area (Å²) < 4.78 is 41.1. The van der Waals surface area contributed by atoms with Gasteiger partial charge in [0.25, 0.3) is 17.4 Å². The summed E-state index contributed by atoms with van der Waals surface area (Å²) in [4.78, 5) is 46.2. The highest BCUT2D eigenvalue weighted by Gasteiger charge is 2.33. The number of nitrogens with one attached hydrogen (secondary N) is 2. The number of carbonyl (C=O) groups is 2. The van der Waals surface area contributed by atoms with Gasteiger partial charge in [-0.25, -0.2) is 9.55 Å². The second-order valence-corrected chi connectivity index (χ2v) is 12.1. The van der Waals surface area contributed by atoms with Gasteiger partial charge in [-0.1, -0.05) is 40.9 Å². The fourth-order valence-electron chi connectivity index (χ4n) is 5.29. The summed E-state index contributed by atoms with van der Waals surface area (Å²) in [6.45, 7) is 3.49. The van der Waals surface area contributed by atoms with E-state index in [1.54, 1.807) is 42.2 Å². The lowest BCUT2D eigenvalue weighted by atomic mass is 9.98. The van der Waals surface area contributed by atoms with Gasteiger partial charge in [-0.2, -0.15) is 13.2 Å². The molecule has 0 bridgehead atoms. The zero-order valence-electron chi connectivity index (χ0n) is 24.7. The van der Waals surface area contributed by atoms with Crippen molar-refractivity contribution in [1.82, 2.24) is 19.8 Å². The van der Waals surface area contributed by atoms with Gasteiger partial charge in [0.05, 0.1) is 39.6 Å². The molecule has 3 aromatic carbocycles. The van der Waals surface area contributed by atoms with E-state index in [4.69, 9.17) is 39.8 Å². The van der Waals surface area contributed by atoms with E-state index < -0.39 is 23.3 Å². The summed E-state index contributed by atoms with van der Waals surface area (Å²) in [5.41, 5.74) is 0.868. The standard InChI is InChI=1S/C32H27Cl3F3N5O3/c1-16-12-23-27(15-42(16)29(45)19-6-11-24(33)26(35)13-19)41-31(40-17(2)22-10-7-20(14-25(22)34)32(36,37)38)43(30(23)46)21-8-4-18(5-9-21)28(44)39-3/h4-11,13-14,16-17H,12,15H2,1-3H3,(H,39,44)(H,40,41)/t16-,17?/m1/s1. The lowest BCUT2D eigenvalue weighted by Crippen LogP contribution is -2.46. The van der Waals surface area contributed by atoms with Crippen LogP contribution in [0, 0.1) is 0 Å². The molecular formula is C32H27Cl3F3N5O3. The van der Waals surface area contributed by atoms with E-state index >= 15 is 0 Å². The largest absolute Gasteiger partial charge is 0.416 e. The van der Waals surface area contributed by atoms with Crippen molar-refractivity contribution in [2.45, 2.75) is 45.1 Å². The Morgan fingerprint density at radius 2 is 1.63 bits per heavy atom. The van der Waals surface area contributed by atoms with Crippen molar-refractivity contribution in [2.24, 2.45) is 0 Å². The number of benzene rings is 3. The van der Waals surface area contributed by atoms with Crippen LogP contribution < -0.4 is 16.2 Å². The predicted molar refractivity (Wildman–Crippen MR) is 171 cm³/mol. The highest BCUT2D eigenvalue weighted by molar-refractivity contribution is 6.42. The summed E-state index contributed by atoms with van der Waals surface area (Å²) in [6, 6.07) is 12.8. The molecule has 8 nitrogen and oxygen atoms in total. The molecule has 2 N–H and O–H groups in total. The number of hydrogen-bond acceptors (Lipinski definition) is 5. The summed E-state index contributed by atoms with van der Waals surface area (Å²) >= 11 is 18.5. The smallest absolute Gasteiger partial charge is 0.355 e. The van der Waals surface area contributed by atoms with Crippen LogP contribution in [0.15, 0.2) is 65.5 Å². The molecule has 46 heavy (non-hydrogen) atoms. The molecule has 5 rings (SSSR count). The van der Waals surface area contributed by atoms with Gasteiger partial charge in [-0.3, -0.25) is 14.4 Å². The molecule has 1 unspecified atom stereocenters. The van der Waals surface area contributed by atoms with E-state index in [2.05, 4.69) is 10.6 Å². The van der Waals surface area contributed by atoms with Gasteiger partial charge in [-0.05, 0) is 80.4 Å². The molecule has 240 valence electrons. The van der Waals surface area contributed by atoms with Crippen LogP contribution >= 0.6 is 34.8 Å². The fraction of sp³-hybridized carbons (Fsp3) is 0.250. The van der Waals surface area contributed by atoms with Crippen molar-refractivity contribution >= 4 is 52.6 Å². The van der Waals surface area contributed by atoms with Crippen molar-refractivity contribution < 1.29 is 22.8 Å². The van der Waals surface area contributed by atoms with Crippen LogP contribution in [0.4, 0.5) is 19.1 Å². The molecule has 0 saturated heterocycles. The number of rotatable bonds is 6. The Kier molecular flexibility index (Phi) is 9.40. The van der Waals surface area contributed by atoms with Crippen LogP contribution in [0.1, 0.15) is 63.0 Å². The number of halogens is 6. The Bertz CT molecular complexity index is 1900. The predicted octanol–water partition coefficient (Wildman–Crippen LogP) is 7.33. The SMILES string of the molecule is CNC(=O)c1ccc(-n2c(NC(C)c3ccc(C(F)(F)F)cc3Cl)nc3c(c2=O)C[C@@H](C)N(C(=O)c2ccc(Cl)c(Cl)c2)C3)cc1. The lowest BCUT2D eigenvalue weighted by molar-refractivity contribution is -0.137. The number of aromatic nitrogens is 2. The van der Waals surface area contributed by atoms with Gasteiger partial charge in [0, 0.05) is 34.8 Å². The van der Waals surface area contributed by atoms with Crippen LogP contribution in [-0.2, 0) is 19.1 Å². The Morgan fingerprint density at radius 1 is 0.957 bits per heavy atom. The maximum atomic E-state index is 14.1. The summed E-state index contributed by atoms with van der Waals surface area (Å²) in [5.74, 6) is -0.574. The molecule has 0 aliphatic carbocycles. The van der Waals surface area contributed by atoms with E-state index in [-0.39, 0.29) is 46.8 Å². The number of hydrogen-bond donors (Lipinski definition) is 2. The highest BCUT2D eigenvalue weighted by atomic mass is 35.5. The Balaban J connectivity index is 1.58. The van der Waals surface area contributed by atoms with Gasteiger partial charge in [-0.15, -0.1) is 0 Å². The maximum absolute atomic E-state index is 14.1. The van der Waals surface area contributed by atoms with Gasteiger partial charge in [0.1, 0.15) is 0 Å². The molecule has 14 heteroatoms. The van der Waals surface area contributed by atoms with Crippen LogP contribution in [0.3, 0.4) is 0 Å². The van der Waals surface area contributed by atoms with E-state index in [1.165, 1.54) is 29.8 Å². The van der Waals surface area contributed by atoms with Gasteiger partial charge < -0.3 is 15.5 Å².